The maximum atomic E-state index is 5.01. The van der Waals surface area contributed by atoms with E-state index in [0.29, 0.717) is 6.61 Å². The van der Waals surface area contributed by atoms with Crippen LogP contribution in [0, 0.1) is 0 Å². The van der Waals surface area contributed by atoms with Crippen molar-refractivity contribution in [2.45, 2.75) is 17.9 Å². The summed E-state index contributed by atoms with van der Waals surface area (Å²) in [5, 5.41) is -0.554. The van der Waals surface area contributed by atoms with Gasteiger partial charge in [-0.05, 0) is 12.6 Å². The molecule has 0 radical (unpaired) electrons. The monoisotopic (exact) mass is 204 g/mol. The molecule has 3 heterocycles. The number of hydrogen-bond acceptors (Lipinski definition) is 6. The molecule has 72 valence electrons. The van der Waals surface area contributed by atoms with Crippen molar-refractivity contribution in [1.29, 1.82) is 0 Å². The lowest BCUT2D eigenvalue weighted by molar-refractivity contribution is -0.313. The van der Waals surface area contributed by atoms with Crippen molar-refractivity contribution in [2.24, 2.45) is 0 Å². The van der Waals surface area contributed by atoms with Gasteiger partial charge in [0.1, 0.15) is 5.04 Å². The minimum Gasteiger partial charge on any atom is -0.250 e. The fraction of sp³-hybridized carbons (Fsp3) is 0.667. The Kier molecular flexibility index (Phi) is 1.26. The SMILES string of the molecule is C=C[Si]1(C2(C)COOC23OO3)OO1. The van der Waals surface area contributed by atoms with E-state index in [2.05, 4.69) is 6.58 Å². The summed E-state index contributed by atoms with van der Waals surface area (Å²) in [5.41, 5.74) is 1.66. The molecule has 0 aliphatic carbocycles. The molecule has 0 bridgehead atoms. The van der Waals surface area contributed by atoms with E-state index >= 15 is 0 Å². The highest BCUT2D eigenvalue weighted by molar-refractivity contribution is 6.80. The minimum absolute atomic E-state index is 0.311. The normalized spacial score (nSPS) is 43.5. The second-order valence-electron chi connectivity index (χ2n) is 3.44. The van der Waals surface area contributed by atoms with Crippen molar-refractivity contribution < 1.29 is 28.7 Å². The second-order valence-corrected chi connectivity index (χ2v) is 6.62. The van der Waals surface area contributed by atoms with Gasteiger partial charge in [-0.2, -0.15) is 14.7 Å². The van der Waals surface area contributed by atoms with Crippen LogP contribution in [0.2, 0.25) is 5.04 Å². The summed E-state index contributed by atoms with van der Waals surface area (Å²) < 4.78 is 10.0. The van der Waals surface area contributed by atoms with E-state index in [4.69, 9.17) is 28.7 Å². The molecule has 1 spiro atoms. The van der Waals surface area contributed by atoms with Gasteiger partial charge in [-0.15, -0.1) is 6.58 Å². The maximum Gasteiger partial charge on any atom is 0.445 e. The third-order valence-electron chi connectivity index (χ3n) is 2.73. The summed E-state index contributed by atoms with van der Waals surface area (Å²) >= 11 is 0. The predicted molar refractivity (Wildman–Crippen MR) is 38.4 cm³/mol. The molecule has 7 heteroatoms. The Bertz CT molecular complexity index is 272. The van der Waals surface area contributed by atoms with Crippen LogP contribution in [0.15, 0.2) is 12.3 Å². The van der Waals surface area contributed by atoms with Gasteiger partial charge in [-0.25, -0.2) is 4.89 Å². The molecule has 0 aromatic heterocycles. The Morgan fingerprint density at radius 2 is 2.00 bits per heavy atom. The topological polar surface area (TPSA) is 68.6 Å². The van der Waals surface area contributed by atoms with Crippen molar-refractivity contribution >= 4 is 8.56 Å². The summed E-state index contributed by atoms with van der Waals surface area (Å²) in [7, 11) is -2.43. The number of rotatable bonds is 2. The average Bonchev–Trinajstić information content (AvgIpc) is 2.98. The van der Waals surface area contributed by atoms with Gasteiger partial charge in [0.15, 0.2) is 0 Å². The Hall–Kier alpha value is -0.283. The van der Waals surface area contributed by atoms with Gasteiger partial charge in [-0.3, -0.25) is 9.15 Å². The van der Waals surface area contributed by atoms with Gasteiger partial charge in [0.05, 0.1) is 6.61 Å². The number of hydrogen-bond donors (Lipinski definition) is 0. The largest absolute Gasteiger partial charge is 0.445 e. The van der Waals surface area contributed by atoms with Gasteiger partial charge >= 0.3 is 14.5 Å². The van der Waals surface area contributed by atoms with Crippen LogP contribution in [0.25, 0.3) is 0 Å². The second kappa shape index (κ2) is 2.03. The van der Waals surface area contributed by atoms with Crippen LogP contribution in [-0.4, -0.2) is 21.1 Å². The van der Waals surface area contributed by atoms with Crippen LogP contribution in [0.4, 0.5) is 0 Å². The molecule has 1 atom stereocenters. The molecule has 0 aromatic carbocycles. The van der Waals surface area contributed by atoms with Gasteiger partial charge in [0.25, 0.3) is 0 Å². The highest BCUT2D eigenvalue weighted by atomic mass is 28.4. The first kappa shape index (κ1) is 8.06. The zero-order valence-electron chi connectivity index (χ0n) is 6.94. The Labute approximate surface area is 75.0 Å². The fourth-order valence-corrected chi connectivity index (χ4v) is 3.62. The van der Waals surface area contributed by atoms with Crippen LogP contribution >= 0.6 is 0 Å². The zero-order valence-corrected chi connectivity index (χ0v) is 7.94. The molecule has 6 nitrogen and oxygen atoms in total. The molecule has 3 fully saturated rings. The molecule has 3 aliphatic rings. The van der Waals surface area contributed by atoms with Crippen LogP contribution in [0.5, 0.6) is 0 Å². The fourth-order valence-electron chi connectivity index (χ4n) is 1.49. The van der Waals surface area contributed by atoms with E-state index in [0.717, 1.165) is 0 Å². The molecule has 3 rings (SSSR count). The van der Waals surface area contributed by atoms with E-state index < -0.39 is 19.6 Å². The lowest BCUT2D eigenvalue weighted by atomic mass is 10.1. The third-order valence-corrected chi connectivity index (χ3v) is 5.78. The molecule has 13 heavy (non-hydrogen) atoms. The van der Waals surface area contributed by atoms with E-state index in [1.807, 2.05) is 6.92 Å². The lowest BCUT2D eigenvalue weighted by Gasteiger charge is -2.19. The first-order valence-electron chi connectivity index (χ1n) is 3.86. The summed E-state index contributed by atoms with van der Waals surface area (Å²) in [6.07, 6.45) is 0. The van der Waals surface area contributed by atoms with Gasteiger partial charge in [0.2, 0.25) is 0 Å². The molecule has 0 aromatic rings. The highest BCUT2D eigenvalue weighted by Crippen LogP contribution is 2.65. The Balaban J connectivity index is 1.99. The molecule has 0 N–H and O–H groups in total. The van der Waals surface area contributed by atoms with Crippen molar-refractivity contribution in [2.75, 3.05) is 6.61 Å². The maximum absolute atomic E-state index is 5.01. The Morgan fingerprint density at radius 3 is 2.46 bits per heavy atom. The summed E-state index contributed by atoms with van der Waals surface area (Å²) in [5.74, 6) is -1.14. The highest BCUT2D eigenvalue weighted by Gasteiger charge is 2.85. The molecule has 1 unspecified atom stereocenters. The molecule has 0 saturated carbocycles. The van der Waals surface area contributed by atoms with E-state index in [-0.39, 0.29) is 0 Å². The molecule has 0 amide bonds. The van der Waals surface area contributed by atoms with Crippen LogP contribution in [0.3, 0.4) is 0 Å². The smallest absolute Gasteiger partial charge is 0.250 e. The predicted octanol–water partition coefficient (Wildman–Crippen LogP) is 0.453. The minimum atomic E-state index is -2.43. The van der Waals surface area contributed by atoms with Gasteiger partial charge in [-0.1, -0.05) is 0 Å². The van der Waals surface area contributed by atoms with Crippen LogP contribution in [0.1, 0.15) is 6.92 Å². The zero-order chi connectivity index (χ0) is 9.16. The van der Waals surface area contributed by atoms with E-state index in [1.165, 1.54) is 0 Å². The third kappa shape index (κ3) is 0.738. The lowest BCUT2D eigenvalue weighted by Crippen LogP contribution is -2.43. The van der Waals surface area contributed by atoms with Gasteiger partial charge < -0.3 is 0 Å². The molecular formula is C6H8O6Si. The van der Waals surface area contributed by atoms with Gasteiger partial charge in [0, 0.05) is 0 Å². The first-order valence-corrected chi connectivity index (χ1v) is 5.75. The van der Waals surface area contributed by atoms with Crippen molar-refractivity contribution in [3.8, 4) is 0 Å². The van der Waals surface area contributed by atoms with Crippen molar-refractivity contribution in [1.82, 2.24) is 0 Å². The summed E-state index contributed by atoms with van der Waals surface area (Å²) in [4.78, 5) is 19.3. The average molecular weight is 204 g/mol. The van der Waals surface area contributed by atoms with E-state index in [9.17, 15) is 0 Å². The molecule has 3 aliphatic heterocycles. The summed E-state index contributed by atoms with van der Waals surface area (Å²) in [6, 6.07) is 0. The summed E-state index contributed by atoms with van der Waals surface area (Å²) in [6.45, 7) is 5.85. The molecular weight excluding hydrogens is 196 g/mol. The molecule has 3 saturated heterocycles. The first-order chi connectivity index (χ1) is 6.18. The Morgan fingerprint density at radius 1 is 1.31 bits per heavy atom. The van der Waals surface area contributed by atoms with Crippen LogP contribution in [-0.2, 0) is 28.7 Å². The standard InChI is InChI=1S/C6H8O6Si/c1-3-13(11-12-13)5(2)4-7-8-6(5)9-10-6/h3H,1,4H2,2H3. The quantitative estimate of drug-likeness (QED) is 0.369. The van der Waals surface area contributed by atoms with E-state index in [1.54, 1.807) is 5.70 Å². The van der Waals surface area contributed by atoms with Crippen molar-refractivity contribution in [3.05, 3.63) is 12.3 Å². The van der Waals surface area contributed by atoms with Crippen LogP contribution < -0.4 is 0 Å². The van der Waals surface area contributed by atoms with Crippen molar-refractivity contribution in [3.63, 3.8) is 0 Å².